The number of rotatable bonds is 2. The lowest BCUT2D eigenvalue weighted by Crippen LogP contribution is -2.29. The summed E-state index contributed by atoms with van der Waals surface area (Å²) >= 11 is 7.12. The lowest BCUT2D eigenvalue weighted by Gasteiger charge is -2.37. The van der Waals surface area contributed by atoms with Crippen molar-refractivity contribution < 1.29 is 8.42 Å². The van der Waals surface area contributed by atoms with E-state index in [-0.39, 0.29) is 16.9 Å². The smallest absolute Gasteiger partial charge is 0.238 e. The second-order valence-corrected chi connectivity index (χ2v) is 9.87. The molecule has 0 amide bonds. The zero-order valence-corrected chi connectivity index (χ0v) is 17.1. The van der Waals surface area contributed by atoms with Crippen LogP contribution in [0.25, 0.3) is 0 Å². The second-order valence-electron chi connectivity index (χ2n) is 6.47. The fourth-order valence-corrected chi connectivity index (χ4v) is 5.71. The Hall–Kier alpha value is -1.15. The molecule has 130 valence electrons. The van der Waals surface area contributed by atoms with Crippen molar-refractivity contribution in [3.8, 4) is 0 Å². The maximum atomic E-state index is 11.7. The Bertz CT molecular complexity index is 968. The van der Waals surface area contributed by atoms with Crippen molar-refractivity contribution in [3.05, 3.63) is 68.6 Å². The van der Waals surface area contributed by atoms with E-state index in [0.717, 1.165) is 26.6 Å². The van der Waals surface area contributed by atoms with Gasteiger partial charge in [-0.05, 0) is 59.9 Å². The van der Waals surface area contributed by atoms with E-state index in [2.05, 4.69) is 61.5 Å². The summed E-state index contributed by atoms with van der Waals surface area (Å²) in [6.45, 7) is 0. The van der Waals surface area contributed by atoms with Crippen LogP contribution < -0.4 is 10.5 Å². The van der Waals surface area contributed by atoms with Crippen LogP contribution >= 0.6 is 31.9 Å². The molecular formula is C18H16Br2N2O2S. The zero-order valence-electron chi connectivity index (χ0n) is 13.1. The highest BCUT2D eigenvalue weighted by Crippen LogP contribution is 2.50. The summed E-state index contributed by atoms with van der Waals surface area (Å²) in [6, 6.07) is 11.5. The minimum atomic E-state index is -3.71. The van der Waals surface area contributed by atoms with Crippen molar-refractivity contribution >= 4 is 47.6 Å². The van der Waals surface area contributed by atoms with Gasteiger partial charge in [-0.15, -0.1) is 0 Å². The Balaban J connectivity index is 1.81. The van der Waals surface area contributed by atoms with Crippen LogP contribution in [0.2, 0.25) is 0 Å². The molecule has 2 aromatic carbocycles. The molecule has 2 aromatic rings. The number of nitrogens with one attached hydrogen (secondary N) is 1. The van der Waals surface area contributed by atoms with Gasteiger partial charge in [-0.1, -0.05) is 44.0 Å². The number of hydrogen-bond donors (Lipinski definition) is 2. The molecule has 7 heteroatoms. The Labute approximate surface area is 163 Å². The van der Waals surface area contributed by atoms with E-state index in [1.807, 2.05) is 12.1 Å². The van der Waals surface area contributed by atoms with Crippen molar-refractivity contribution in [2.24, 2.45) is 11.1 Å². The largest absolute Gasteiger partial charge is 0.378 e. The number of benzene rings is 2. The first-order valence-corrected chi connectivity index (χ1v) is 11.0. The molecule has 0 radical (unpaired) electrons. The van der Waals surface area contributed by atoms with Crippen LogP contribution in [0.1, 0.15) is 29.5 Å². The molecule has 3 N–H and O–H groups in total. The fourth-order valence-electron chi connectivity index (χ4n) is 3.83. The number of primary sulfonamides is 1. The van der Waals surface area contributed by atoms with Crippen molar-refractivity contribution in [2.45, 2.75) is 23.3 Å². The standard InChI is InChI=1S/C18H16Br2N2O2S/c19-11-6-10(7-12(20)8-11)18-15-3-1-2-14(15)16-9-13(25(21,23)24)4-5-17(16)22-18/h1-2,4-9,14-15,18,22H,3H2,(H2,21,23,24). The molecule has 25 heavy (non-hydrogen) atoms. The number of anilines is 1. The third-order valence-electron chi connectivity index (χ3n) is 4.91. The van der Waals surface area contributed by atoms with E-state index in [0.29, 0.717) is 5.92 Å². The minimum Gasteiger partial charge on any atom is -0.378 e. The normalized spacial score (nSPS) is 24.5. The van der Waals surface area contributed by atoms with E-state index >= 15 is 0 Å². The minimum absolute atomic E-state index is 0.154. The predicted octanol–water partition coefficient (Wildman–Crippen LogP) is 4.69. The van der Waals surface area contributed by atoms with E-state index in [1.165, 1.54) is 5.56 Å². The summed E-state index contributed by atoms with van der Waals surface area (Å²) in [6.07, 6.45) is 5.30. The summed E-state index contributed by atoms with van der Waals surface area (Å²) in [5.41, 5.74) is 3.15. The first-order chi connectivity index (χ1) is 11.8. The van der Waals surface area contributed by atoms with Crippen LogP contribution in [0.15, 0.2) is 62.4 Å². The van der Waals surface area contributed by atoms with E-state index in [9.17, 15) is 8.42 Å². The lowest BCUT2D eigenvalue weighted by molar-refractivity contribution is 0.425. The molecule has 4 rings (SSSR count). The van der Waals surface area contributed by atoms with Gasteiger partial charge in [0, 0.05) is 20.6 Å². The molecule has 0 aromatic heterocycles. The molecule has 3 unspecified atom stereocenters. The molecule has 4 nitrogen and oxygen atoms in total. The first-order valence-electron chi connectivity index (χ1n) is 7.89. The number of halogens is 2. The molecule has 1 aliphatic carbocycles. The molecular weight excluding hydrogens is 468 g/mol. The molecule has 0 spiro atoms. The van der Waals surface area contributed by atoms with Gasteiger partial charge in [-0.25, -0.2) is 13.6 Å². The van der Waals surface area contributed by atoms with Crippen molar-refractivity contribution in [2.75, 3.05) is 5.32 Å². The summed E-state index contributed by atoms with van der Waals surface area (Å²) in [7, 11) is -3.71. The van der Waals surface area contributed by atoms with Crippen molar-refractivity contribution in [1.29, 1.82) is 0 Å². The van der Waals surface area contributed by atoms with Crippen LogP contribution in [-0.4, -0.2) is 8.42 Å². The molecule has 3 atom stereocenters. The average molecular weight is 484 g/mol. The van der Waals surface area contributed by atoms with Crippen LogP contribution in [0.3, 0.4) is 0 Å². The summed E-state index contributed by atoms with van der Waals surface area (Å²) in [4.78, 5) is 0.163. The number of allylic oxidation sites excluding steroid dienone is 2. The average Bonchev–Trinajstić information content (AvgIpc) is 3.01. The predicted molar refractivity (Wildman–Crippen MR) is 106 cm³/mol. The van der Waals surface area contributed by atoms with E-state index in [4.69, 9.17) is 5.14 Å². The van der Waals surface area contributed by atoms with E-state index in [1.54, 1.807) is 12.1 Å². The first kappa shape index (κ1) is 17.3. The molecule has 0 saturated heterocycles. The molecule has 0 bridgehead atoms. The number of hydrogen-bond acceptors (Lipinski definition) is 3. The molecule has 2 aliphatic rings. The quantitative estimate of drug-likeness (QED) is 0.609. The highest BCUT2D eigenvalue weighted by atomic mass is 79.9. The SMILES string of the molecule is NS(=O)(=O)c1ccc2c(c1)C1C=CCC1C(c1cc(Br)cc(Br)c1)N2. The van der Waals surface area contributed by atoms with Crippen LogP contribution in [0, 0.1) is 5.92 Å². The Kier molecular flexibility index (Phi) is 4.30. The van der Waals surface area contributed by atoms with Crippen LogP contribution in [0.4, 0.5) is 5.69 Å². The third-order valence-corrected chi connectivity index (χ3v) is 6.73. The van der Waals surface area contributed by atoms with Gasteiger partial charge in [0.1, 0.15) is 0 Å². The molecule has 1 heterocycles. The van der Waals surface area contributed by atoms with Gasteiger partial charge in [0.25, 0.3) is 0 Å². The van der Waals surface area contributed by atoms with Crippen molar-refractivity contribution in [1.82, 2.24) is 0 Å². The Morgan fingerprint density at radius 3 is 2.48 bits per heavy atom. The summed E-state index contributed by atoms with van der Waals surface area (Å²) < 4.78 is 25.5. The summed E-state index contributed by atoms with van der Waals surface area (Å²) in [5, 5.41) is 8.90. The van der Waals surface area contributed by atoms with Gasteiger partial charge in [-0.2, -0.15) is 0 Å². The molecule has 1 aliphatic heterocycles. The maximum Gasteiger partial charge on any atom is 0.238 e. The molecule has 0 saturated carbocycles. The lowest BCUT2D eigenvalue weighted by atomic mass is 9.77. The number of nitrogens with two attached hydrogens (primary N) is 1. The van der Waals surface area contributed by atoms with Gasteiger partial charge in [-0.3, -0.25) is 0 Å². The van der Waals surface area contributed by atoms with Crippen molar-refractivity contribution in [3.63, 3.8) is 0 Å². The monoisotopic (exact) mass is 482 g/mol. The zero-order chi connectivity index (χ0) is 17.8. The Morgan fingerprint density at radius 1 is 1.08 bits per heavy atom. The third kappa shape index (κ3) is 3.18. The maximum absolute atomic E-state index is 11.7. The van der Waals surface area contributed by atoms with Gasteiger partial charge >= 0.3 is 0 Å². The van der Waals surface area contributed by atoms with Crippen LogP contribution in [-0.2, 0) is 10.0 Å². The highest BCUT2D eigenvalue weighted by Gasteiger charge is 2.38. The number of fused-ring (bicyclic) bond motifs is 3. The second kappa shape index (κ2) is 6.23. The van der Waals surface area contributed by atoms with Crippen LogP contribution in [0.5, 0.6) is 0 Å². The van der Waals surface area contributed by atoms with Gasteiger partial charge < -0.3 is 5.32 Å². The van der Waals surface area contributed by atoms with Gasteiger partial charge in [0.2, 0.25) is 10.0 Å². The van der Waals surface area contributed by atoms with E-state index < -0.39 is 10.0 Å². The number of sulfonamides is 1. The van der Waals surface area contributed by atoms with Gasteiger partial charge in [0.15, 0.2) is 0 Å². The summed E-state index contributed by atoms with van der Waals surface area (Å²) in [5.74, 6) is 0.519. The Morgan fingerprint density at radius 2 is 1.80 bits per heavy atom. The highest BCUT2D eigenvalue weighted by molar-refractivity contribution is 9.11. The fraction of sp³-hybridized carbons (Fsp3) is 0.222. The molecule has 0 fully saturated rings. The topological polar surface area (TPSA) is 72.2 Å². The van der Waals surface area contributed by atoms with Gasteiger partial charge in [0.05, 0.1) is 10.9 Å².